The van der Waals surface area contributed by atoms with E-state index in [2.05, 4.69) is 30.3 Å². The quantitative estimate of drug-likeness (QED) is 0.196. The van der Waals surface area contributed by atoms with Gasteiger partial charge in [0, 0.05) is 16.4 Å². The summed E-state index contributed by atoms with van der Waals surface area (Å²) in [6.07, 6.45) is 1.59. The number of aromatic nitrogens is 4. The van der Waals surface area contributed by atoms with E-state index in [0.29, 0.717) is 23.3 Å². The minimum atomic E-state index is -0.597. The number of hydrogen-bond acceptors (Lipinski definition) is 8. The summed E-state index contributed by atoms with van der Waals surface area (Å²) < 4.78 is 19.7. The second-order valence-corrected chi connectivity index (χ2v) is 8.83. The molecule has 4 aromatic rings. The molecule has 1 aliphatic rings. The van der Waals surface area contributed by atoms with Crippen molar-refractivity contribution in [2.24, 2.45) is 11.0 Å². The van der Waals surface area contributed by atoms with Crippen LogP contribution in [0, 0.1) is 5.92 Å². The predicted octanol–water partition coefficient (Wildman–Crippen LogP) is 4.52. The Balaban J connectivity index is 1.42. The predicted molar refractivity (Wildman–Crippen MR) is 138 cm³/mol. The largest absolute Gasteiger partial charge is 0.497 e. The third-order valence-corrected chi connectivity index (χ3v) is 6.53. The average Bonchev–Trinajstić information content (AvgIpc) is 3.52. The number of rotatable bonds is 9. The minimum Gasteiger partial charge on any atom is -0.497 e. The van der Waals surface area contributed by atoms with Gasteiger partial charge in [-0.3, -0.25) is 9.36 Å². The van der Waals surface area contributed by atoms with Crippen molar-refractivity contribution in [2.75, 3.05) is 19.0 Å². The lowest BCUT2D eigenvalue weighted by molar-refractivity contribution is -0.0665. The highest BCUT2D eigenvalue weighted by atomic mass is 16.6. The lowest BCUT2D eigenvalue weighted by Crippen LogP contribution is -2.28. The molecule has 2 aromatic carbocycles. The number of methoxy groups -OCH3 is 1. The summed E-state index contributed by atoms with van der Waals surface area (Å²) in [4.78, 5) is 28.7. The zero-order valence-electron chi connectivity index (χ0n) is 20.8. The van der Waals surface area contributed by atoms with Crippen LogP contribution < -0.4 is 10.1 Å². The maximum atomic E-state index is 12.7. The van der Waals surface area contributed by atoms with Gasteiger partial charge in [-0.2, -0.15) is 0 Å². The standard InChI is InChI=1S/C26H26N8O4/c1-16-20(12-31-33-27)38-26(22(16)37-13-17-8-10-19(36-2)11-9-17)34-15-30-21-23(28-14-29-24(21)34)32-25(35)18-6-4-3-5-7-18/h3-11,14-16,20,22,26H,12-13H2,1-2H3,(H,28,29,32,35)/t16-,20-,22-,26-/m1/s1. The number of carbonyl (C=O) groups is 1. The summed E-state index contributed by atoms with van der Waals surface area (Å²) in [5.41, 5.74) is 11.2. The van der Waals surface area contributed by atoms with E-state index in [4.69, 9.17) is 19.7 Å². The summed E-state index contributed by atoms with van der Waals surface area (Å²) in [6.45, 7) is 2.50. The number of benzene rings is 2. The lowest BCUT2D eigenvalue weighted by Gasteiger charge is -2.23. The molecule has 0 unspecified atom stereocenters. The maximum absolute atomic E-state index is 12.7. The molecule has 1 saturated heterocycles. The van der Waals surface area contributed by atoms with E-state index in [0.717, 1.165) is 11.3 Å². The van der Waals surface area contributed by atoms with Crippen molar-refractivity contribution < 1.29 is 19.0 Å². The molecule has 12 heteroatoms. The van der Waals surface area contributed by atoms with Gasteiger partial charge in [-0.25, -0.2) is 15.0 Å². The van der Waals surface area contributed by atoms with Gasteiger partial charge in [0.1, 0.15) is 18.2 Å². The molecule has 12 nitrogen and oxygen atoms in total. The summed E-state index contributed by atoms with van der Waals surface area (Å²) >= 11 is 0. The van der Waals surface area contributed by atoms with Crippen molar-refractivity contribution in [2.45, 2.75) is 32.0 Å². The number of imidazole rings is 1. The molecule has 1 amide bonds. The van der Waals surface area contributed by atoms with Crippen molar-refractivity contribution in [3.63, 3.8) is 0 Å². The van der Waals surface area contributed by atoms with Crippen LogP contribution in [0.1, 0.15) is 29.1 Å². The Morgan fingerprint density at radius 3 is 2.68 bits per heavy atom. The zero-order chi connectivity index (χ0) is 26.5. The van der Waals surface area contributed by atoms with Crippen LogP contribution in [0.2, 0.25) is 0 Å². The summed E-state index contributed by atoms with van der Waals surface area (Å²) in [6, 6.07) is 16.5. The van der Waals surface area contributed by atoms with Crippen molar-refractivity contribution in [3.05, 3.63) is 88.8 Å². The van der Waals surface area contributed by atoms with Crippen LogP contribution in [0.15, 0.2) is 72.4 Å². The van der Waals surface area contributed by atoms with Gasteiger partial charge >= 0.3 is 0 Å². The number of nitrogens with one attached hydrogen (secondary N) is 1. The first-order chi connectivity index (χ1) is 18.6. The summed E-state index contributed by atoms with van der Waals surface area (Å²) in [7, 11) is 1.62. The van der Waals surface area contributed by atoms with Gasteiger partial charge in [-0.15, -0.1) is 0 Å². The number of ether oxygens (including phenoxy) is 3. The van der Waals surface area contributed by atoms with Crippen molar-refractivity contribution in [3.8, 4) is 5.75 Å². The second kappa shape index (κ2) is 11.3. The first-order valence-corrected chi connectivity index (χ1v) is 12.0. The zero-order valence-corrected chi connectivity index (χ0v) is 20.8. The molecule has 4 atom stereocenters. The molecule has 38 heavy (non-hydrogen) atoms. The van der Waals surface area contributed by atoms with Crippen molar-refractivity contribution >= 4 is 22.9 Å². The maximum Gasteiger partial charge on any atom is 0.256 e. The number of fused-ring (bicyclic) bond motifs is 1. The molecule has 2 aromatic heterocycles. The number of anilines is 1. The van der Waals surface area contributed by atoms with E-state index in [-0.39, 0.29) is 30.3 Å². The average molecular weight is 515 g/mol. The third-order valence-electron chi connectivity index (χ3n) is 6.53. The van der Waals surface area contributed by atoms with Crippen LogP contribution in [0.3, 0.4) is 0 Å². The molecule has 0 aliphatic carbocycles. The first-order valence-electron chi connectivity index (χ1n) is 12.0. The van der Waals surface area contributed by atoms with E-state index in [1.54, 1.807) is 42.3 Å². The Bertz CT molecular complexity index is 1450. The van der Waals surface area contributed by atoms with Crippen LogP contribution >= 0.6 is 0 Å². The molecule has 1 N–H and O–H groups in total. The number of hydrogen-bond donors (Lipinski definition) is 1. The fraction of sp³-hybridized carbons (Fsp3) is 0.308. The highest BCUT2D eigenvalue weighted by molar-refractivity contribution is 6.06. The molecule has 1 fully saturated rings. The molecule has 0 bridgehead atoms. The topological polar surface area (TPSA) is 149 Å². The van der Waals surface area contributed by atoms with E-state index < -0.39 is 12.3 Å². The fourth-order valence-corrected chi connectivity index (χ4v) is 4.45. The minimum absolute atomic E-state index is 0.0970. The fourth-order valence-electron chi connectivity index (χ4n) is 4.45. The molecule has 3 heterocycles. The molecule has 0 saturated carbocycles. The molecular formula is C26H26N8O4. The van der Waals surface area contributed by atoms with E-state index in [1.807, 2.05) is 37.3 Å². The van der Waals surface area contributed by atoms with Gasteiger partial charge < -0.3 is 19.5 Å². The monoisotopic (exact) mass is 514 g/mol. The van der Waals surface area contributed by atoms with E-state index in [9.17, 15) is 4.79 Å². The van der Waals surface area contributed by atoms with Gasteiger partial charge in [0.25, 0.3) is 5.91 Å². The Morgan fingerprint density at radius 2 is 1.95 bits per heavy atom. The first kappa shape index (κ1) is 25.2. The summed E-state index contributed by atoms with van der Waals surface area (Å²) in [5.74, 6) is 0.648. The van der Waals surface area contributed by atoms with Crippen LogP contribution in [-0.4, -0.2) is 51.3 Å². The molecule has 1 aliphatic heterocycles. The Labute approximate surface area is 218 Å². The molecule has 194 valence electrons. The Hall–Kier alpha value is -4.51. The molecule has 5 rings (SSSR count). The van der Waals surface area contributed by atoms with Crippen LogP contribution in [-0.2, 0) is 16.1 Å². The SMILES string of the molecule is COc1ccc(CO[C@@H]2[C@H](C)[C@@H](CN=[N+]=[N-])O[C@H]2n2cnc3c(NC(=O)c4ccccc4)ncnc32)cc1. The lowest BCUT2D eigenvalue weighted by atomic mass is 10.00. The highest BCUT2D eigenvalue weighted by Gasteiger charge is 2.44. The van der Waals surface area contributed by atoms with Gasteiger partial charge in [0.05, 0.1) is 32.7 Å². The molecular weight excluding hydrogens is 488 g/mol. The van der Waals surface area contributed by atoms with Gasteiger partial charge in [0.15, 0.2) is 23.2 Å². The van der Waals surface area contributed by atoms with E-state index in [1.165, 1.54) is 6.33 Å². The van der Waals surface area contributed by atoms with Crippen LogP contribution in [0.4, 0.5) is 5.82 Å². The number of amides is 1. The highest BCUT2D eigenvalue weighted by Crippen LogP contribution is 2.38. The normalized spacial score (nSPS) is 20.7. The second-order valence-electron chi connectivity index (χ2n) is 8.83. The molecule has 0 radical (unpaired) electrons. The number of nitrogens with zero attached hydrogens (tertiary/aromatic N) is 7. The van der Waals surface area contributed by atoms with Gasteiger partial charge in [-0.1, -0.05) is 42.4 Å². The van der Waals surface area contributed by atoms with Crippen molar-refractivity contribution in [1.82, 2.24) is 19.5 Å². The number of azide groups is 1. The summed E-state index contributed by atoms with van der Waals surface area (Å²) in [5, 5.41) is 6.53. The van der Waals surface area contributed by atoms with Crippen LogP contribution in [0.25, 0.3) is 21.6 Å². The Kier molecular flexibility index (Phi) is 7.45. The van der Waals surface area contributed by atoms with Crippen molar-refractivity contribution in [1.29, 1.82) is 0 Å². The van der Waals surface area contributed by atoms with Gasteiger partial charge in [-0.05, 0) is 35.4 Å². The Morgan fingerprint density at radius 1 is 1.16 bits per heavy atom. The smallest absolute Gasteiger partial charge is 0.256 e. The molecule has 0 spiro atoms. The number of carbonyl (C=O) groups excluding carboxylic acids is 1. The third kappa shape index (κ3) is 5.14. The van der Waals surface area contributed by atoms with Crippen LogP contribution in [0.5, 0.6) is 5.75 Å². The van der Waals surface area contributed by atoms with Gasteiger partial charge in [0.2, 0.25) is 0 Å². The van der Waals surface area contributed by atoms with E-state index >= 15 is 0 Å².